The summed E-state index contributed by atoms with van der Waals surface area (Å²) in [6, 6.07) is 0. The minimum Gasteiger partial charge on any atom is -0.479 e. The summed E-state index contributed by atoms with van der Waals surface area (Å²) >= 11 is 0. The molecule has 0 aromatic heterocycles. The number of allylic oxidation sites excluding steroid dienone is 4. The average Bonchev–Trinajstić information content (AvgIpc) is 1.64. The molecule has 82 heavy (non-hydrogen) atoms. The highest BCUT2D eigenvalue weighted by Gasteiger charge is 2.74. The highest BCUT2D eigenvalue weighted by molar-refractivity contribution is 5.89. The van der Waals surface area contributed by atoms with Crippen molar-refractivity contribution in [2.75, 3.05) is 26.4 Å². The molecule has 3 heterocycles. The van der Waals surface area contributed by atoms with Gasteiger partial charge in [-0.05, 0) is 107 Å². The van der Waals surface area contributed by atoms with Crippen molar-refractivity contribution in [2.24, 2.45) is 50.2 Å². The maximum atomic E-state index is 13.8. The molecule has 4 saturated carbocycles. The van der Waals surface area contributed by atoms with Crippen LogP contribution in [0, 0.1) is 50.2 Å². The predicted octanol–water partition coefficient (Wildman–Crippen LogP) is -0.375. The summed E-state index contributed by atoms with van der Waals surface area (Å²) in [6.07, 6.45) is -25.1. The number of ether oxygens (including phenoxy) is 8. The number of aliphatic carboxylic acids is 1. The van der Waals surface area contributed by atoms with Crippen molar-refractivity contribution in [3.63, 3.8) is 0 Å². The van der Waals surface area contributed by atoms with Crippen LogP contribution in [0.2, 0.25) is 0 Å². The van der Waals surface area contributed by atoms with Crippen LogP contribution in [0.5, 0.6) is 0 Å². The number of rotatable bonds is 15. The number of carboxylic acids is 1. The lowest BCUT2D eigenvalue weighted by Crippen LogP contribution is -2.72. The number of fused-ring (bicyclic) bond motifs is 7. The first-order valence-electron chi connectivity index (χ1n) is 28.8. The molecule has 7 fully saturated rings. The Balaban J connectivity index is 1.12. The van der Waals surface area contributed by atoms with Gasteiger partial charge in [0.2, 0.25) is 0 Å². The van der Waals surface area contributed by atoms with E-state index in [0.29, 0.717) is 43.3 Å². The number of carbonyl (C=O) groups is 3. The van der Waals surface area contributed by atoms with Crippen LogP contribution in [0.4, 0.5) is 0 Å². The number of hydrogen-bond acceptors (Lipinski definition) is 23. The van der Waals surface area contributed by atoms with Crippen LogP contribution in [0.25, 0.3) is 0 Å². The van der Waals surface area contributed by atoms with Crippen molar-refractivity contribution in [3.8, 4) is 0 Å². The largest absolute Gasteiger partial charge is 0.479 e. The first-order valence-corrected chi connectivity index (χ1v) is 28.8. The van der Waals surface area contributed by atoms with Crippen molar-refractivity contribution in [3.05, 3.63) is 34.9 Å². The Labute approximate surface area is 477 Å². The van der Waals surface area contributed by atoms with Gasteiger partial charge in [-0.25, -0.2) is 14.4 Å². The van der Waals surface area contributed by atoms with Gasteiger partial charge in [0.15, 0.2) is 31.1 Å². The smallest absolute Gasteiger partial charge is 0.335 e. The van der Waals surface area contributed by atoms with Gasteiger partial charge in [0.25, 0.3) is 0 Å². The molecule has 27 atom stereocenters. The molecule has 0 amide bonds. The van der Waals surface area contributed by atoms with E-state index in [1.165, 1.54) is 0 Å². The Morgan fingerprint density at radius 2 is 1.16 bits per heavy atom. The second-order valence-electron chi connectivity index (χ2n) is 26.3. The molecule has 0 unspecified atom stereocenters. The quantitative estimate of drug-likeness (QED) is 0.0430. The third kappa shape index (κ3) is 10.4. The SMILES string of the molecule is CC=C(C)C(=O)O[C@H]1[C@H](OC(=O)/C(C)=C/C)[C@]2(CO)[C@H](O)C[C@]3(C)C(=CC[C@@H]4[C@@]5(C)CC[C@H](O[C@@H]6O[C@H](C(=O)O)[C@@H](O[C@@H]7O[C@H](CO)[C@@H](O)[C@H](O)[C@H]7O)[C@H](O)[C@H]6O[C@@H]6O[C@H](CO)[C@@H](O)[C@H](O)[C@H]6O)[C@](C)(CO)[C@@H]5CC[C@]43C)[C@@H]2CC1(C)C. The zero-order valence-corrected chi connectivity index (χ0v) is 48.5. The van der Waals surface area contributed by atoms with E-state index < -0.39 is 199 Å². The minimum absolute atomic E-state index is 0.0973. The molecule has 24 nitrogen and oxygen atoms in total. The molecule has 3 saturated heterocycles. The summed E-state index contributed by atoms with van der Waals surface area (Å²) in [5, 5.41) is 144. The highest BCUT2D eigenvalue weighted by atomic mass is 16.8. The summed E-state index contributed by atoms with van der Waals surface area (Å²) in [6.45, 7) is 16.2. The summed E-state index contributed by atoms with van der Waals surface area (Å²) in [7, 11) is 0. The molecule has 0 aromatic carbocycles. The van der Waals surface area contributed by atoms with Crippen molar-refractivity contribution >= 4 is 17.9 Å². The Bertz CT molecular complexity index is 2430. The van der Waals surface area contributed by atoms with Crippen LogP contribution >= 0.6 is 0 Å². The van der Waals surface area contributed by atoms with E-state index in [1.54, 1.807) is 39.8 Å². The predicted molar refractivity (Wildman–Crippen MR) is 283 cm³/mol. The van der Waals surface area contributed by atoms with E-state index in [-0.39, 0.29) is 24.7 Å². The van der Waals surface area contributed by atoms with Crippen LogP contribution in [-0.2, 0) is 52.3 Å². The molecule has 0 aromatic rings. The van der Waals surface area contributed by atoms with Crippen molar-refractivity contribution < 1.29 is 119 Å². The van der Waals surface area contributed by atoms with Gasteiger partial charge >= 0.3 is 17.9 Å². The molecule has 466 valence electrons. The summed E-state index contributed by atoms with van der Waals surface area (Å²) in [5.41, 5.74) is -3.63. The van der Waals surface area contributed by atoms with Crippen molar-refractivity contribution in [1.29, 1.82) is 0 Å². The maximum Gasteiger partial charge on any atom is 0.335 e. The second kappa shape index (κ2) is 23.9. The van der Waals surface area contributed by atoms with Crippen molar-refractivity contribution in [2.45, 2.75) is 231 Å². The summed E-state index contributed by atoms with van der Waals surface area (Å²) in [4.78, 5) is 40.6. The van der Waals surface area contributed by atoms with Gasteiger partial charge in [-0.1, -0.05) is 65.3 Å². The normalized spacial score (nSPS) is 49.5. The molecular formula is C58H90O24. The molecule has 24 heteroatoms. The Kier molecular flexibility index (Phi) is 18.9. The number of aliphatic hydroxyl groups is 12. The van der Waals surface area contributed by atoms with Gasteiger partial charge in [-0.15, -0.1) is 0 Å². The molecule has 5 aliphatic carbocycles. The summed E-state index contributed by atoms with van der Waals surface area (Å²) in [5.74, 6) is -3.95. The molecule has 3 aliphatic heterocycles. The zero-order chi connectivity index (χ0) is 60.7. The molecule has 0 spiro atoms. The molecule has 0 bridgehead atoms. The van der Waals surface area contributed by atoms with E-state index in [4.69, 9.17) is 37.9 Å². The lowest BCUT2D eigenvalue weighted by atomic mass is 9.33. The highest BCUT2D eigenvalue weighted by Crippen LogP contribution is 2.76. The molecule has 13 N–H and O–H groups in total. The Hall–Kier alpha value is -3.09. The fraction of sp³-hybridized carbons (Fsp3) is 0.845. The first-order chi connectivity index (χ1) is 38.4. The van der Waals surface area contributed by atoms with Gasteiger partial charge in [0.1, 0.15) is 73.2 Å². The fourth-order valence-corrected chi connectivity index (χ4v) is 16.4. The van der Waals surface area contributed by atoms with Gasteiger partial charge in [0.05, 0.1) is 44.1 Å². The van der Waals surface area contributed by atoms with Crippen LogP contribution < -0.4 is 0 Å². The lowest BCUT2D eigenvalue weighted by molar-refractivity contribution is -0.392. The number of carboxylic acid groups (broad SMARTS) is 1. The standard InChI is InChI=1S/C58H90O24/c1-11-25(3)48(73)81-45-46(82-49(74)26(4)12-2)58(24-62)28(19-53(45,5)6)27-13-14-32-54(7)17-16-34(55(8,23-61)31(54)15-18-56(32,9)57(27,10)20-33(58)63)77-52-43(79-51-40(69)38(67)36(65)30(22-60)76-51)41(70)42(44(80-52)47(71)72)78-50-39(68)37(66)35(64)29(21-59)75-50/h11-13,28-46,50-52,59-70H,14-24H2,1-10H3,(H,71,72)/b25-11?,26-12+/t28-,29+,30+,31+,32+,33+,34-,35+,36+,37-,38-,39+,40+,41-,42-,43+,44-,45-,46-,50-,51-,52+,54-,55+,56+,57+,58-/m0/s1. The van der Waals surface area contributed by atoms with Crippen LogP contribution in [0.1, 0.15) is 114 Å². The topological polar surface area (TPSA) is 388 Å². The number of aliphatic hydroxyl groups excluding tert-OH is 12. The van der Waals surface area contributed by atoms with E-state index in [1.807, 2.05) is 20.8 Å². The van der Waals surface area contributed by atoms with E-state index in [9.17, 15) is 80.8 Å². The lowest BCUT2D eigenvalue weighted by Gasteiger charge is -2.72. The fourth-order valence-electron chi connectivity index (χ4n) is 16.4. The van der Waals surface area contributed by atoms with Gasteiger partial charge in [0, 0.05) is 22.0 Å². The van der Waals surface area contributed by atoms with Gasteiger partial charge < -0.3 is 104 Å². The minimum atomic E-state index is -2.18. The van der Waals surface area contributed by atoms with Crippen LogP contribution in [-0.4, -0.2) is 227 Å². The van der Waals surface area contributed by atoms with E-state index in [2.05, 4.69) is 26.8 Å². The maximum absolute atomic E-state index is 13.8. The van der Waals surface area contributed by atoms with Gasteiger partial charge in [-0.2, -0.15) is 0 Å². The third-order valence-corrected chi connectivity index (χ3v) is 21.7. The average molecular weight is 1170 g/mol. The van der Waals surface area contributed by atoms with Crippen LogP contribution in [0.15, 0.2) is 34.9 Å². The third-order valence-electron chi connectivity index (χ3n) is 21.7. The molecule has 8 rings (SSSR count). The first kappa shape index (κ1) is 64.9. The Morgan fingerprint density at radius 1 is 0.622 bits per heavy atom. The number of hydrogen-bond donors (Lipinski definition) is 13. The van der Waals surface area contributed by atoms with E-state index in [0.717, 1.165) is 5.57 Å². The Morgan fingerprint density at radius 3 is 1.66 bits per heavy atom. The molecular weight excluding hydrogens is 1080 g/mol. The van der Waals surface area contributed by atoms with Gasteiger partial charge in [-0.3, -0.25) is 0 Å². The molecule has 0 radical (unpaired) electrons. The monoisotopic (exact) mass is 1170 g/mol. The van der Waals surface area contributed by atoms with E-state index >= 15 is 0 Å². The molecule has 8 aliphatic rings. The zero-order valence-electron chi connectivity index (χ0n) is 48.5. The van der Waals surface area contributed by atoms with Crippen LogP contribution in [0.3, 0.4) is 0 Å². The summed E-state index contributed by atoms with van der Waals surface area (Å²) < 4.78 is 48.6. The number of esters is 2. The second-order valence-corrected chi connectivity index (χ2v) is 26.3. The number of carbonyl (C=O) groups excluding carboxylic acids is 2. The van der Waals surface area contributed by atoms with Crippen molar-refractivity contribution in [1.82, 2.24) is 0 Å².